The van der Waals surface area contributed by atoms with Crippen LogP contribution in [0.3, 0.4) is 0 Å². The molecule has 6 rings (SSSR count). The first kappa shape index (κ1) is 29.5. The molecule has 0 unspecified atom stereocenters. The Morgan fingerprint density at radius 3 is 2.50 bits per heavy atom. The Balaban J connectivity index is 1.53. The van der Waals surface area contributed by atoms with Gasteiger partial charge in [0.1, 0.15) is 15.7 Å². The molecule has 0 spiro atoms. The maximum atomic E-state index is 15.0. The van der Waals surface area contributed by atoms with Crippen molar-refractivity contribution in [2.24, 2.45) is 11.1 Å². The Morgan fingerprint density at radius 1 is 1.05 bits per heavy atom. The average molecular weight is 626 g/mol. The number of hydrogen-bond donors (Lipinski definition) is 2. The molecule has 2 heterocycles. The number of nitrogens with zero attached hydrogens (tertiary/aromatic N) is 2. The second-order valence-electron chi connectivity index (χ2n) is 10.8. The van der Waals surface area contributed by atoms with Crippen LogP contribution in [0.4, 0.5) is 4.39 Å². The van der Waals surface area contributed by atoms with Gasteiger partial charge in [0.2, 0.25) is 10.0 Å². The molecule has 0 atom stereocenters. The zero-order valence-electron chi connectivity index (χ0n) is 23.5. The molecule has 7 nitrogen and oxygen atoms in total. The fourth-order valence-corrected chi connectivity index (χ4v) is 6.64. The number of carboxylic acids is 1. The fraction of sp³-hybridized carbons (Fsp3) is 0.176. The number of aromatic carboxylic acids is 1. The summed E-state index contributed by atoms with van der Waals surface area (Å²) >= 11 is 1.24. The summed E-state index contributed by atoms with van der Waals surface area (Å²) in [4.78, 5) is 15.5. The number of benzene rings is 3. The Morgan fingerprint density at radius 2 is 1.84 bits per heavy atom. The molecule has 0 saturated heterocycles. The summed E-state index contributed by atoms with van der Waals surface area (Å²) in [6, 6.07) is 23.6. The summed E-state index contributed by atoms with van der Waals surface area (Å²) in [6.07, 6.45) is 3.93. The first-order valence-corrected chi connectivity index (χ1v) is 16.5. The predicted octanol–water partition coefficient (Wildman–Crippen LogP) is 6.55. The summed E-state index contributed by atoms with van der Waals surface area (Å²) in [5.41, 5.74) is 5.67. The molecule has 44 heavy (non-hydrogen) atoms. The molecule has 0 bridgehead atoms. The third kappa shape index (κ3) is 6.36. The molecule has 1 saturated carbocycles. The third-order valence-corrected chi connectivity index (χ3v) is 9.52. The highest BCUT2D eigenvalue weighted by Gasteiger charge is 2.23. The molecule has 2 aromatic heterocycles. The maximum absolute atomic E-state index is 15.0. The lowest BCUT2D eigenvalue weighted by molar-refractivity contribution is 0.0691. The molecule has 5 aromatic rings. The quantitative estimate of drug-likeness (QED) is 0.190. The van der Waals surface area contributed by atoms with E-state index in [0.29, 0.717) is 22.9 Å². The van der Waals surface area contributed by atoms with E-state index < -0.39 is 26.7 Å². The maximum Gasteiger partial charge on any atom is 0.355 e. The van der Waals surface area contributed by atoms with Gasteiger partial charge in [0.25, 0.3) is 0 Å². The van der Waals surface area contributed by atoms with Gasteiger partial charge in [-0.3, -0.25) is 0 Å². The van der Waals surface area contributed by atoms with Crippen LogP contribution in [0.1, 0.15) is 52.1 Å². The molecule has 3 N–H and O–H groups in total. The topological polar surface area (TPSA) is 115 Å². The molecular weight excluding hydrogens is 598 g/mol. The van der Waals surface area contributed by atoms with Crippen LogP contribution in [-0.4, -0.2) is 29.0 Å². The minimum atomic E-state index is -4.22. The van der Waals surface area contributed by atoms with Gasteiger partial charge in [0, 0.05) is 46.8 Å². The molecular formula is C34H28FN3O4S2. The summed E-state index contributed by atoms with van der Waals surface area (Å²) in [5, 5.41) is 16.8. The van der Waals surface area contributed by atoms with Crippen molar-refractivity contribution in [2.75, 3.05) is 0 Å². The van der Waals surface area contributed by atoms with Crippen molar-refractivity contribution in [3.8, 4) is 33.7 Å². The number of aromatic nitrogens is 2. The Hall–Kier alpha value is -4.56. The molecule has 1 aliphatic rings. The summed E-state index contributed by atoms with van der Waals surface area (Å²) in [7, 11) is -4.22. The lowest BCUT2D eigenvalue weighted by Gasteiger charge is -2.18. The van der Waals surface area contributed by atoms with E-state index >= 15 is 0 Å². The van der Waals surface area contributed by atoms with Gasteiger partial charge in [-0.2, -0.15) is 0 Å². The highest BCUT2D eigenvalue weighted by atomic mass is 32.2. The van der Waals surface area contributed by atoms with Crippen molar-refractivity contribution in [1.82, 2.24) is 9.55 Å². The van der Waals surface area contributed by atoms with Crippen LogP contribution < -0.4 is 5.14 Å². The van der Waals surface area contributed by atoms with Gasteiger partial charge in [-0.05, 0) is 59.9 Å². The van der Waals surface area contributed by atoms with Crippen LogP contribution in [0.25, 0.3) is 21.8 Å². The van der Waals surface area contributed by atoms with Crippen molar-refractivity contribution < 1.29 is 22.7 Å². The van der Waals surface area contributed by atoms with E-state index in [2.05, 4.69) is 16.8 Å². The van der Waals surface area contributed by atoms with Crippen molar-refractivity contribution >= 4 is 27.3 Å². The molecule has 0 amide bonds. The molecule has 3 aromatic carbocycles. The number of carbonyl (C=O) groups is 1. The van der Waals surface area contributed by atoms with Gasteiger partial charge in [0.05, 0.1) is 0 Å². The van der Waals surface area contributed by atoms with Gasteiger partial charge >= 0.3 is 5.97 Å². The van der Waals surface area contributed by atoms with Crippen LogP contribution in [0, 0.1) is 23.6 Å². The van der Waals surface area contributed by atoms with Crippen molar-refractivity contribution in [3.63, 3.8) is 0 Å². The van der Waals surface area contributed by atoms with E-state index in [1.54, 1.807) is 6.07 Å². The zero-order chi connectivity index (χ0) is 30.8. The molecule has 10 heteroatoms. The minimum Gasteiger partial charge on any atom is -0.476 e. The molecule has 222 valence electrons. The largest absolute Gasteiger partial charge is 0.476 e. The highest BCUT2D eigenvalue weighted by Crippen LogP contribution is 2.37. The zero-order valence-corrected chi connectivity index (χ0v) is 25.2. The highest BCUT2D eigenvalue weighted by molar-refractivity contribution is 7.89. The lowest BCUT2D eigenvalue weighted by Crippen LogP contribution is -2.14. The summed E-state index contributed by atoms with van der Waals surface area (Å²) < 4.78 is 40.7. The summed E-state index contributed by atoms with van der Waals surface area (Å²) in [6.45, 7) is 0.203. The normalized spacial score (nSPS) is 13.2. The van der Waals surface area contributed by atoms with Crippen molar-refractivity contribution in [3.05, 3.63) is 118 Å². The number of halogens is 1. The van der Waals surface area contributed by atoms with E-state index in [9.17, 15) is 22.7 Å². The summed E-state index contributed by atoms with van der Waals surface area (Å²) in [5.74, 6) is 5.06. The number of sulfonamides is 1. The monoisotopic (exact) mass is 625 g/mol. The molecule has 1 fully saturated rings. The molecule has 0 radical (unpaired) electrons. The number of carboxylic acid groups (broad SMARTS) is 1. The Labute approximate surface area is 258 Å². The fourth-order valence-electron chi connectivity index (χ4n) is 5.22. The van der Waals surface area contributed by atoms with Gasteiger partial charge < -0.3 is 9.67 Å². The van der Waals surface area contributed by atoms with Crippen LogP contribution in [0.2, 0.25) is 0 Å². The van der Waals surface area contributed by atoms with Gasteiger partial charge in [-0.15, -0.1) is 11.3 Å². The molecule has 0 aliphatic heterocycles. The number of rotatable bonds is 8. The van der Waals surface area contributed by atoms with Gasteiger partial charge in [-0.1, -0.05) is 66.8 Å². The second-order valence-corrected chi connectivity index (χ2v) is 13.2. The first-order chi connectivity index (χ1) is 21.2. The van der Waals surface area contributed by atoms with Gasteiger partial charge in [0.15, 0.2) is 5.69 Å². The van der Waals surface area contributed by atoms with Crippen molar-refractivity contribution in [2.45, 2.75) is 37.1 Å². The Bertz CT molecular complexity index is 2040. The van der Waals surface area contributed by atoms with Crippen LogP contribution in [0.5, 0.6) is 0 Å². The predicted molar refractivity (Wildman–Crippen MR) is 168 cm³/mol. The second kappa shape index (κ2) is 12.2. The average Bonchev–Trinajstić information content (AvgIpc) is 3.58. The van der Waals surface area contributed by atoms with E-state index in [1.165, 1.54) is 35.3 Å². The van der Waals surface area contributed by atoms with E-state index in [4.69, 9.17) is 5.14 Å². The standard InChI is InChI=1S/C34H28FN3O4S2/c35-28-17-25(14-15-32(28)44(36,41)42)20-38-30(26-11-5-10-24(16-26)13-12-22-8-4-9-22)19-27(33-37-29(21-43-33)34(39)40)31(38)18-23-6-2-1-3-7-23/h1-3,5-7,10-11,14-17,19,21-22H,4,8-9,18,20H2,(H,39,40)(H2,36,41,42). The Kier molecular flexibility index (Phi) is 8.19. The van der Waals surface area contributed by atoms with Crippen molar-refractivity contribution in [1.29, 1.82) is 0 Å². The van der Waals surface area contributed by atoms with E-state index in [1.807, 2.05) is 65.2 Å². The smallest absolute Gasteiger partial charge is 0.355 e. The first-order valence-electron chi connectivity index (χ1n) is 14.0. The number of nitrogens with two attached hydrogens (primary N) is 1. The van der Waals surface area contributed by atoms with Crippen LogP contribution in [0.15, 0.2) is 89.1 Å². The van der Waals surface area contributed by atoms with Crippen LogP contribution in [-0.2, 0) is 23.0 Å². The number of thiazole rings is 1. The van der Waals surface area contributed by atoms with E-state index in [-0.39, 0.29) is 12.2 Å². The van der Waals surface area contributed by atoms with Gasteiger partial charge in [-0.25, -0.2) is 27.7 Å². The number of primary sulfonamides is 1. The third-order valence-electron chi connectivity index (χ3n) is 7.70. The minimum absolute atomic E-state index is 0.0427. The van der Waals surface area contributed by atoms with Crippen LogP contribution >= 0.6 is 11.3 Å². The number of hydrogen-bond acceptors (Lipinski definition) is 5. The van der Waals surface area contributed by atoms with E-state index in [0.717, 1.165) is 46.5 Å². The molecule has 1 aliphatic carbocycles. The SMILES string of the molecule is NS(=O)(=O)c1ccc(Cn2c(-c3cccc(C#CC4CCC4)c3)cc(-c3nc(C(=O)O)cs3)c2Cc2ccccc2)cc1F. The lowest BCUT2D eigenvalue weighted by atomic mass is 9.86.